The van der Waals surface area contributed by atoms with E-state index in [1.54, 1.807) is 0 Å². The van der Waals surface area contributed by atoms with E-state index in [1.165, 1.54) is 37.7 Å². The molecule has 20 heavy (non-hydrogen) atoms. The number of fused-ring (bicyclic) bond motifs is 5. The Labute approximate surface area is 121 Å². The van der Waals surface area contributed by atoms with Gasteiger partial charge in [0, 0.05) is 12.3 Å². The molecule has 110 valence electrons. The Morgan fingerprint density at radius 2 is 2.00 bits per heavy atom. The largest absolute Gasteiger partial charge is 0.365 e. The summed E-state index contributed by atoms with van der Waals surface area (Å²) in [5.41, 5.74) is 1.72. The molecule has 0 aliphatic heterocycles. The molecule has 2 saturated carbocycles. The Bertz CT molecular complexity index is 476. The number of aliphatic hydroxyl groups is 2. The molecule has 4 aliphatic carbocycles. The molecule has 4 aliphatic rings. The van der Waals surface area contributed by atoms with Gasteiger partial charge in [-0.05, 0) is 60.8 Å². The fourth-order valence-corrected chi connectivity index (χ4v) is 5.99. The lowest BCUT2D eigenvalue weighted by molar-refractivity contribution is -0.214. The summed E-state index contributed by atoms with van der Waals surface area (Å²) in [7, 11) is 0. The predicted octanol–water partition coefficient (Wildman–Crippen LogP) is 3.41. The smallest absolute Gasteiger partial charge is 0.173 e. The number of rotatable bonds is 0. The van der Waals surface area contributed by atoms with Crippen molar-refractivity contribution in [2.75, 3.05) is 0 Å². The van der Waals surface area contributed by atoms with Gasteiger partial charge in [0.05, 0.1) is 0 Å². The Balaban J connectivity index is 1.72. The van der Waals surface area contributed by atoms with Gasteiger partial charge in [-0.3, -0.25) is 0 Å². The SMILES string of the molecule is C[C@@]12CCC[C@H]1[C@@H]1CC=C3C=CCC(O)(O)[C@@H]3[C@H]1CC2. The lowest BCUT2D eigenvalue weighted by Gasteiger charge is -2.53. The van der Waals surface area contributed by atoms with Crippen molar-refractivity contribution in [2.45, 2.75) is 57.7 Å². The lowest BCUT2D eigenvalue weighted by Crippen LogP contribution is -2.51. The second-order valence-electron chi connectivity index (χ2n) is 7.92. The minimum absolute atomic E-state index is 0.0450. The maximum atomic E-state index is 10.5. The zero-order valence-electron chi connectivity index (χ0n) is 12.4. The van der Waals surface area contributed by atoms with Gasteiger partial charge in [0.1, 0.15) is 0 Å². The Morgan fingerprint density at radius 1 is 1.15 bits per heavy atom. The molecule has 0 aromatic heterocycles. The lowest BCUT2D eigenvalue weighted by atomic mass is 9.53. The summed E-state index contributed by atoms with van der Waals surface area (Å²) < 4.78 is 0. The van der Waals surface area contributed by atoms with Crippen LogP contribution >= 0.6 is 0 Å². The fourth-order valence-electron chi connectivity index (χ4n) is 5.99. The van der Waals surface area contributed by atoms with Crippen LogP contribution in [0, 0.1) is 29.1 Å². The van der Waals surface area contributed by atoms with Crippen LogP contribution in [0.1, 0.15) is 51.9 Å². The third-order valence-corrected chi connectivity index (χ3v) is 6.91. The van der Waals surface area contributed by atoms with E-state index < -0.39 is 5.79 Å². The third kappa shape index (κ3) is 1.70. The second kappa shape index (κ2) is 4.20. The predicted molar refractivity (Wildman–Crippen MR) is 78.8 cm³/mol. The molecule has 5 atom stereocenters. The zero-order chi connectivity index (χ0) is 14.0. The molecule has 0 saturated heterocycles. The monoisotopic (exact) mass is 274 g/mol. The van der Waals surface area contributed by atoms with E-state index in [4.69, 9.17) is 0 Å². The van der Waals surface area contributed by atoms with Gasteiger partial charge in [-0.25, -0.2) is 0 Å². The van der Waals surface area contributed by atoms with Gasteiger partial charge in [0.2, 0.25) is 0 Å². The van der Waals surface area contributed by atoms with Gasteiger partial charge in [-0.1, -0.05) is 31.6 Å². The van der Waals surface area contributed by atoms with Gasteiger partial charge in [-0.2, -0.15) is 0 Å². The molecule has 0 aromatic rings. The van der Waals surface area contributed by atoms with Crippen molar-refractivity contribution in [1.82, 2.24) is 0 Å². The first-order chi connectivity index (χ1) is 9.51. The standard InChI is InChI=1S/C18H26O2/c1-17-9-3-5-15(17)13-7-6-12-4-2-10-18(19,20)16(12)14(13)8-11-17/h2,4,6,13-16,19-20H,3,5,7-11H2,1H3/t13-,14+,15+,16+,17+/m1/s1. The van der Waals surface area contributed by atoms with Crippen molar-refractivity contribution in [3.8, 4) is 0 Å². The Morgan fingerprint density at radius 3 is 2.85 bits per heavy atom. The summed E-state index contributed by atoms with van der Waals surface area (Å²) in [6.45, 7) is 2.48. The average molecular weight is 274 g/mol. The molecule has 2 heteroatoms. The van der Waals surface area contributed by atoms with E-state index in [0.29, 0.717) is 23.7 Å². The third-order valence-electron chi connectivity index (χ3n) is 6.91. The van der Waals surface area contributed by atoms with Gasteiger partial charge in [-0.15, -0.1) is 0 Å². The van der Waals surface area contributed by atoms with E-state index in [2.05, 4.69) is 19.1 Å². The molecular weight excluding hydrogens is 248 g/mol. The fraction of sp³-hybridized carbons (Fsp3) is 0.778. The van der Waals surface area contributed by atoms with Crippen LogP contribution in [0.25, 0.3) is 0 Å². The van der Waals surface area contributed by atoms with Gasteiger partial charge in [0.25, 0.3) is 0 Å². The molecule has 0 radical (unpaired) electrons. The van der Waals surface area contributed by atoms with Gasteiger partial charge < -0.3 is 10.2 Å². The van der Waals surface area contributed by atoms with Crippen molar-refractivity contribution in [3.05, 3.63) is 23.8 Å². The van der Waals surface area contributed by atoms with Gasteiger partial charge >= 0.3 is 0 Å². The van der Waals surface area contributed by atoms with Crippen molar-refractivity contribution in [3.63, 3.8) is 0 Å². The summed E-state index contributed by atoms with van der Waals surface area (Å²) in [5.74, 6) is 0.398. The Hall–Kier alpha value is -0.600. The molecule has 2 fully saturated rings. The molecular formula is C18H26O2. The molecule has 0 aromatic carbocycles. The summed E-state index contributed by atoms with van der Waals surface area (Å²) in [4.78, 5) is 0. The first kappa shape index (κ1) is 13.1. The van der Waals surface area contributed by atoms with Crippen molar-refractivity contribution >= 4 is 0 Å². The highest BCUT2D eigenvalue weighted by Gasteiger charge is 2.55. The first-order valence-electron chi connectivity index (χ1n) is 8.33. The van der Waals surface area contributed by atoms with E-state index in [1.807, 2.05) is 6.08 Å². The maximum absolute atomic E-state index is 10.5. The van der Waals surface area contributed by atoms with E-state index in [9.17, 15) is 10.2 Å². The van der Waals surface area contributed by atoms with Crippen LogP contribution in [0.4, 0.5) is 0 Å². The van der Waals surface area contributed by atoms with Crippen molar-refractivity contribution in [2.24, 2.45) is 29.1 Å². The highest BCUT2D eigenvalue weighted by Crippen LogP contribution is 2.61. The summed E-state index contributed by atoms with van der Waals surface area (Å²) >= 11 is 0. The van der Waals surface area contributed by atoms with Crippen LogP contribution < -0.4 is 0 Å². The van der Waals surface area contributed by atoms with Crippen molar-refractivity contribution in [1.29, 1.82) is 0 Å². The van der Waals surface area contributed by atoms with Crippen molar-refractivity contribution < 1.29 is 10.2 Å². The molecule has 2 nitrogen and oxygen atoms in total. The molecule has 0 amide bonds. The summed E-state index contributed by atoms with van der Waals surface area (Å²) in [6, 6.07) is 0. The number of hydrogen-bond donors (Lipinski definition) is 2. The second-order valence-corrected chi connectivity index (χ2v) is 7.92. The van der Waals surface area contributed by atoms with Crippen LogP contribution in [-0.4, -0.2) is 16.0 Å². The first-order valence-corrected chi connectivity index (χ1v) is 8.33. The van der Waals surface area contributed by atoms with E-state index in [-0.39, 0.29) is 5.92 Å². The minimum Gasteiger partial charge on any atom is -0.365 e. The molecule has 0 heterocycles. The molecule has 0 bridgehead atoms. The molecule has 2 N–H and O–H groups in total. The van der Waals surface area contributed by atoms with Crippen LogP contribution in [-0.2, 0) is 0 Å². The number of allylic oxidation sites excluding steroid dienone is 2. The quantitative estimate of drug-likeness (QED) is 0.665. The maximum Gasteiger partial charge on any atom is 0.173 e. The highest BCUT2D eigenvalue weighted by atomic mass is 16.5. The van der Waals surface area contributed by atoms with Crippen LogP contribution in [0.5, 0.6) is 0 Å². The van der Waals surface area contributed by atoms with Crippen LogP contribution in [0.3, 0.4) is 0 Å². The van der Waals surface area contributed by atoms with E-state index >= 15 is 0 Å². The number of hydrogen-bond acceptors (Lipinski definition) is 2. The zero-order valence-corrected chi connectivity index (χ0v) is 12.4. The summed E-state index contributed by atoms with van der Waals surface area (Å²) in [5, 5.41) is 21.0. The molecule has 0 unspecified atom stereocenters. The normalized spacial score (nSPS) is 49.0. The highest BCUT2D eigenvalue weighted by molar-refractivity contribution is 5.32. The molecule has 4 rings (SSSR count). The Kier molecular flexibility index (Phi) is 2.75. The van der Waals surface area contributed by atoms with Crippen LogP contribution in [0.2, 0.25) is 0 Å². The van der Waals surface area contributed by atoms with E-state index in [0.717, 1.165) is 12.3 Å². The summed E-state index contributed by atoms with van der Waals surface area (Å²) in [6.07, 6.45) is 14.5. The molecule has 0 spiro atoms. The van der Waals surface area contributed by atoms with Gasteiger partial charge in [0.15, 0.2) is 5.79 Å². The van der Waals surface area contributed by atoms with Crippen LogP contribution in [0.15, 0.2) is 23.8 Å². The average Bonchev–Trinajstić information content (AvgIpc) is 2.79. The minimum atomic E-state index is -1.52. The topological polar surface area (TPSA) is 40.5 Å².